The van der Waals surface area contributed by atoms with Gasteiger partial charge in [-0.15, -0.1) is 0 Å². The first kappa shape index (κ1) is 8.41. The van der Waals surface area contributed by atoms with Gasteiger partial charge in [-0.2, -0.15) is 12.6 Å². The van der Waals surface area contributed by atoms with Crippen molar-refractivity contribution in [2.45, 2.75) is 50.4 Å². The maximum Gasteiger partial charge on any atom is 0.0183 e. The zero-order valence-electron chi connectivity index (χ0n) is 6.80. The highest BCUT2D eigenvalue weighted by Gasteiger charge is 2.20. The lowest BCUT2D eigenvalue weighted by Gasteiger charge is -2.30. The molecule has 0 amide bonds. The van der Waals surface area contributed by atoms with Crippen LogP contribution in [-0.4, -0.2) is 17.3 Å². The molecule has 3 unspecified atom stereocenters. The second-order valence-electron chi connectivity index (χ2n) is 3.35. The molecule has 0 aliphatic carbocycles. The van der Waals surface area contributed by atoms with Crippen LogP contribution in [0.1, 0.15) is 33.1 Å². The van der Waals surface area contributed by atoms with Crippen molar-refractivity contribution in [1.29, 1.82) is 0 Å². The highest BCUT2D eigenvalue weighted by atomic mass is 32.1. The molecule has 1 nitrogen and oxygen atoms in total. The van der Waals surface area contributed by atoms with Crippen LogP contribution >= 0.6 is 12.6 Å². The normalized spacial score (nSPS) is 37.5. The maximum absolute atomic E-state index is 4.42. The van der Waals surface area contributed by atoms with Crippen LogP contribution < -0.4 is 5.32 Å². The summed E-state index contributed by atoms with van der Waals surface area (Å²) in [5.74, 6) is 0. The summed E-state index contributed by atoms with van der Waals surface area (Å²) in [6.45, 7) is 4.42. The minimum Gasteiger partial charge on any atom is -0.310 e. The van der Waals surface area contributed by atoms with Crippen LogP contribution in [0.2, 0.25) is 0 Å². The van der Waals surface area contributed by atoms with Crippen molar-refractivity contribution in [2.75, 3.05) is 0 Å². The van der Waals surface area contributed by atoms with Crippen molar-refractivity contribution >= 4 is 12.6 Å². The van der Waals surface area contributed by atoms with Gasteiger partial charge in [0.15, 0.2) is 0 Å². The Morgan fingerprint density at radius 2 is 2.20 bits per heavy atom. The van der Waals surface area contributed by atoms with Crippen LogP contribution in [0.25, 0.3) is 0 Å². The first-order valence-corrected chi connectivity index (χ1v) is 4.66. The van der Waals surface area contributed by atoms with Crippen LogP contribution in [-0.2, 0) is 0 Å². The molecule has 0 radical (unpaired) electrons. The second kappa shape index (κ2) is 3.63. The predicted octanol–water partition coefficient (Wildman–Crippen LogP) is 1.84. The van der Waals surface area contributed by atoms with E-state index in [1.54, 1.807) is 0 Å². The molecule has 0 saturated carbocycles. The lowest BCUT2D eigenvalue weighted by molar-refractivity contribution is 0.334. The van der Waals surface area contributed by atoms with Crippen molar-refractivity contribution in [3.8, 4) is 0 Å². The second-order valence-corrected chi connectivity index (χ2v) is 4.16. The van der Waals surface area contributed by atoms with Crippen LogP contribution in [0, 0.1) is 0 Å². The molecule has 2 heteroatoms. The Morgan fingerprint density at radius 3 is 2.60 bits per heavy atom. The van der Waals surface area contributed by atoms with Crippen molar-refractivity contribution in [1.82, 2.24) is 5.32 Å². The Hall–Kier alpha value is 0.310. The number of hydrogen-bond donors (Lipinski definition) is 2. The molecule has 0 aromatic rings. The number of thiol groups is 1. The van der Waals surface area contributed by atoms with E-state index >= 15 is 0 Å². The molecule has 1 aliphatic rings. The lowest BCUT2D eigenvalue weighted by Crippen LogP contribution is -2.44. The number of nitrogens with one attached hydrogen (secondary N) is 1. The van der Waals surface area contributed by atoms with Gasteiger partial charge in [0, 0.05) is 17.3 Å². The van der Waals surface area contributed by atoms with E-state index in [9.17, 15) is 0 Å². The van der Waals surface area contributed by atoms with Gasteiger partial charge in [-0.05, 0) is 19.8 Å². The molecule has 10 heavy (non-hydrogen) atoms. The minimum atomic E-state index is 0.503. The Balaban J connectivity index is 2.32. The number of piperidine rings is 1. The number of hydrogen-bond acceptors (Lipinski definition) is 2. The Morgan fingerprint density at radius 1 is 1.50 bits per heavy atom. The first-order chi connectivity index (χ1) is 4.70. The highest BCUT2D eigenvalue weighted by Crippen LogP contribution is 2.16. The van der Waals surface area contributed by atoms with E-state index in [2.05, 4.69) is 31.8 Å². The van der Waals surface area contributed by atoms with Crippen LogP contribution in [0.5, 0.6) is 0 Å². The quantitative estimate of drug-likeness (QED) is 0.556. The van der Waals surface area contributed by atoms with Gasteiger partial charge < -0.3 is 5.32 Å². The summed E-state index contributed by atoms with van der Waals surface area (Å²) in [6, 6.07) is 1.35. The molecule has 3 atom stereocenters. The van der Waals surface area contributed by atoms with E-state index in [1.807, 2.05) is 0 Å². The summed E-state index contributed by atoms with van der Waals surface area (Å²) in [5.41, 5.74) is 0. The molecule has 1 rings (SSSR count). The molecule has 0 spiro atoms. The van der Waals surface area contributed by atoms with E-state index in [1.165, 1.54) is 19.3 Å². The zero-order valence-corrected chi connectivity index (χ0v) is 7.70. The average molecular weight is 159 g/mol. The summed E-state index contributed by atoms with van der Waals surface area (Å²) in [5, 5.41) is 4.04. The lowest BCUT2D eigenvalue weighted by atomic mass is 9.98. The van der Waals surface area contributed by atoms with E-state index in [0.29, 0.717) is 17.3 Å². The third-order valence-corrected chi connectivity index (χ3v) is 2.59. The molecule has 1 N–H and O–H groups in total. The molecular formula is C8H17NS. The summed E-state index contributed by atoms with van der Waals surface area (Å²) < 4.78 is 0. The average Bonchev–Trinajstić information content (AvgIpc) is 1.88. The number of rotatable bonds is 1. The molecule has 1 aliphatic heterocycles. The maximum atomic E-state index is 4.42. The van der Waals surface area contributed by atoms with Gasteiger partial charge in [-0.25, -0.2) is 0 Å². The fraction of sp³-hybridized carbons (Fsp3) is 1.00. The van der Waals surface area contributed by atoms with Crippen molar-refractivity contribution in [3.63, 3.8) is 0 Å². The van der Waals surface area contributed by atoms with E-state index in [0.717, 1.165) is 0 Å². The summed E-state index contributed by atoms with van der Waals surface area (Å²) in [7, 11) is 0. The molecule has 1 heterocycles. The van der Waals surface area contributed by atoms with Gasteiger partial charge in [0.1, 0.15) is 0 Å². The fourth-order valence-corrected chi connectivity index (χ4v) is 1.79. The molecule has 60 valence electrons. The molecular weight excluding hydrogens is 142 g/mol. The topological polar surface area (TPSA) is 12.0 Å². The van der Waals surface area contributed by atoms with Crippen LogP contribution in [0.4, 0.5) is 0 Å². The summed E-state index contributed by atoms with van der Waals surface area (Å²) >= 11 is 4.42. The van der Waals surface area contributed by atoms with E-state index in [4.69, 9.17) is 0 Å². The smallest absolute Gasteiger partial charge is 0.0183 e. The van der Waals surface area contributed by atoms with Gasteiger partial charge in [0.2, 0.25) is 0 Å². The summed E-state index contributed by atoms with van der Waals surface area (Å²) in [4.78, 5) is 0. The molecule has 0 aromatic heterocycles. The third kappa shape index (κ3) is 2.17. The Labute approximate surface area is 69.0 Å². The highest BCUT2D eigenvalue weighted by molar-refractivity contribution is 7.81. The van der Waals surface area contributed by atoms with E-state index in [-0.39, 0.29) is 0 Å². The largest absolute Gasteiger partial charge is 0.310 e. The Bertz CT molecular complexity index is 103. The van der Waals surface area contributed by atoms with Crippen molar-refractivity contribution < 1.29 is 0 Å². The monoisotopic (exact) mass is 159 g/mol. The van der Waals surface area contributed by atoms with Gasteiger partial charge in [-0.1, -0.05) is 13.3 Å². The van der Waals surface area contributed by atoms with Gasteiger partial charge in [0.05, 0.1) is 0 Å². The van der Waals surface area contributed by atoms with Gasteiger partial charge >= 0.3 is 0 Å². The predicted molar refractivity (Wildman–Crippen MR) is 48.7 cm³/mol. The van der Waals surface area contributed by atoms with Crippen LogP contribution in [0.15, 0.2) is 0 Å². The molecule has 1 saturated heterocycles. The van der Waals surface area contributed by atoms with Crippen molar-refractivity contribution in [3.05, 3.63) is 0 Å². The standard InChI is InChI=1S/C8H17NS/c1-6-4-3-5-8(9-6)7(2)10/h6-10H,3-5H2,1-2H3. The van der Waals surface area contributed by atoms with Gasteiger partial charge in [-0.3, -0.25) is 0 Å². The first-order valence-electron chi connectivity index (χ1n) is 4.14. The minimum absolute atomic E-state index is 0.503. The summed E-state index contributed by atoms with van der Waals surface area (Å²) in [6.07, 6.45) is 4.00. The van der Waals surface area contributed by atoms with Gasteiger partial charge in [0.25, 0.3) is 0 Å². The SMILES string of the molecule is CC1CCCC(C(C)S)N1. The molecule has 1 fully saturated rings. The zero-order chi connectivity index (χ0) is 7.56. The molecule has 0 aromatic carbocycles. The fourth-order valence-electron chi connectivity index (χ4n) is 1.56. The third-order valence-electron chi connectivity index (χ3n) is 2.23. The molecule has 0 bridgehead atoms. The Kier molecular flexibility index (Phi) is 3.05. The van der Waals surface area contributed by atoms with E-state index < -0.39 is 0 Å². The van der Waals surface area contributed by atoms with Crippen LogP contribution in [0.3, 0.4) is 0 Å². The van der Waals surface area contributed by atoms with Crippen molar-refractivity contribution in [2.24, 2.45) is 0 Å².